The molecule has 1 unspecified atom stereocenters. The molecule has 0 N–H and O–H groups in total. The third kappa shape index (κ3) is 4.28. The van der Waals surface area contributed by atoms with Crippen LogP contribution in [0.25, 0.3) is 0 Å². The molecule has 1 aliphatic rings. The Morgan fingerprint density at radius 2 is 1.30 bits per heavy atom. The highest BCUT2D eigenvalue weighted by Gasteiger charge is 2.30. The molecule has 4 aromatic carbocycles. The van der Waals surface area contributed by atoms with Gasteiger partial charge in [0.2, 0.25) is 0 Å². The first-order chi connectivity index (χ1) is 16.2. The Morgan fingerprint density at radius 3 is 1.91 bits per heavy atom. The lowest BCUT2D eigenvalue weighted by atomic mass is 10.1. The molecule has 0 fully saturated rings. The van der Waals surface area contributed by atoms with Gasteiger partial charge >= 0.3 is 0 Å². The minimum atomic E-state index is -0.276. The summed E-state index contributed by atoms with van der Waals surface area (Å²) >= 11 is 0. The van der Waals surface area contributed by atoms with Gasteiger partial charge in [-0.15, -0.1) is 0 Å². The van der Waals surface area contributed by atoms with Gasteiger partial charge in [0.05, 0.1) is 7.11 Å². The van der Waals surface area contributed by atoms with Gasteiger partial charge in [-0.25, -0.2) is 9.98 Å². The van der Waals surface area contributed by atoms with Crippen LogP contribution in [0, 0.1) is 6.92 Å². The number of amidine groups is 2. The summed E-state index contributed by atoms with van der Waals surface area (Å²) in [5.74, 6) is 2.41. The number of ether oxygens (including phenoxy) is 1. The highest BCUT2D eigenvalue weighted by Crippen LogP contribution is 2.35. The van der Waals surface area contributed by atoms with E-state index in [1.54, 1.807) is 7.11 Å². The molecule has 0 aromatic heterocycles. The summed E-state index contributed by atoms with van der Waals surface area (Å²) in [7, 11) is 1.68. The van der Waals surface area contributed by atoms with E-state index in [0.717, 1.165) is 39.8 Å². The molecular formula is C29H25N3O. The Balaban J connectivity index is 1.72. The lowest BCUT2D eigenvalue weighted by Crippen LogP contribution is -2.39. The highest BCUT2D eigenvalue weighted by molar-refractivity contribution is 6.19. The molecule has 4 aromatic rings. The van der Waals surface area contributed by atoms with Crippen molar-refractivity contribution in [3.63, 3.8) is 0 Å². The van der Waals surface area contributed by atoms with Crippen molar-refractivity contribution in [3.05, 3.63) is 131 Å². The predicted molar refractivity (Wildman–Crippen MR) is 135 cm³/mol. The molecule has 4 heteroatoms. The van der Waals surface area contributed by atoms with E-state index in [2.05, 4.69) is 72.5 Å². The van der Waals surface area contributed by atoms with Gasteiger partial charge in [-0.3, -0.25) is 4.90 Å². The number of hydrogen-bond donors (Lipinski definition) is 0. The van der Waals surface area contributed by atoms with Crippen molar-refractivity contribution in [1.29, 1.82) is 0 Å². The third-order valence-corrected chi connectivity index (χ3v) is 5.72. The first kappa shape index (κ1) is 20.7. The van der Waals surface area contributed by atoms with Gasteiger partial charge < -0.3 is 4.74 Å². The van der Waals surface area contributed by atoms with Gasteiger partial charge in [0, 0.05) is 16.8 Å². The predicted octanol–water partition coefficient (Wildman–Crippen LogP) is 6.42. The van der Waals surface area contributed by atoms with Gasteiger partial charge in [0.1, 0.15) is 11.6 Å². The zero-order chi connectivity index (χ0) is 22.6. The number of rotatable bonds is 5. The lowest BCUT2D eigenvalue weighted by molar-refractivity contribution is 0.414. The molecule has 5 rings (SSSR count). The van der Waals surface area contributed by atoms with Crippen molar-refractivity contribution in [1.82, 2.24) is 0 Å². The van der Waals surface area contributed by atoms with E-state index in [9.17, 15) is 0 Å². The zero-order valence-electron chi connectivity index (χ0n) is 18.7. The molecule has 0 spiro atoms. The molecule has 33 heavy (non-hydrogen) atoms. The quantitative estimate of drug-likeness (QED) is 0.366. The van der Waals surface area contributed by atoms with Crippen LogP contribution in [0.4, 0.5) is 5.69 Å². The third-order valence-electron chi connectivity index (χ3n) is 5.72. The second-order valence-corrected chi connectivity index (χ2v) is 7.97. The number of nitrogens with zero attached hydrogens (tertiary/aromatic N) is 3. The van der Waals surface area contributed by atoms with Crippen LogP contribution in [0.3, 0.4) is 0 Å². The van der Waals surface area contributed by atoms with Gasteiger partial charge in [-0.05, 0) is 36.8 Å². The summed E-state index contributed by atoms with van der Waals surface area (Å²) in [6, 6.07) is 37.1. The standard InChI is InChI=1S/C29H25N3O/c1-21-13-17-25(18-14-21)32-28(23-11-7-4-8-12-23)30-27(22-9-5-3-6-10-22)31-29(32)24-15-19-26(33-2)20-16-24/h3-20,29H,1-2H3. The van der Waals surface area contributed by atoms with Crippen LogP contribution in [0.2, 0.25) is 0 Å². The fraction of sp³-hybridized carbons (Fsp3) is 0.103. The van der Waals surface area contributed by atoms with E-state index in [4.69, 9.17) is 14.7 Å². The Hall–Kier alpha value is -4.18. The lowest BCUT2D eigenvalue weighted by Gasteiger charge is -2.35. The highest BCUT2D eigenvalue weighted by atomic mass is 16.5. The normalized spacial score (nSPS) is 15.6. The summed E-state index contributed by atoms with van der Waals surface area (Å²) in [5.41, 5.74) is 5.35. The molecule has 4 nitrogen and oxygen atoms in total. The molecule has 1 heterocycles. The number of benzene rings is 4. The SMILES string of the molecule is COc1ccc(C2N=C(c3ccccc3)N=C(c3ccccc3)N2c2ccc(C)cc2)cc1. The molecule has 0 bridgehead atoms. The second-order valence-electron chi connectivity index (χ2n) is 7.97. The van der Waals surface area contributed by atoms with Gasteiger partial charge in [-0.2, -0.15) is 0 Å². The minimum Gasteiger partial charge on any atom is -0.497 e. The first-order valence-electron chi connectivity index (χ1n) is 11.0. The van der Waals surface area contributed by atoms with E-state index in [1.165, 1.54) is 5.56 Å². The number of anilines is 1. The monoisotopic (exact) mass is 431 g/mol. The Kier molecular flexibility index (Phi) is 5.73. The number of methoxy groups -OCH3 is 1. The number of hydrogen-bond acceptors (Lipinski definition) is 4. The fourth-order valence-electron chi connectivity index (χ4n) is 3.96. The van der Waals surface area contributed by atoms with E-state index < -0.39 is 0 Å². The molecule has 0 saturated carbocycles. The Labute approximate surface area is 194 Å². The van der Waals surface area contributed by atoms with Crippen LogP contribution in [0.1, 0.15) is 28.4 Å². The van der Waals surface area contributed by atoms with E-state index in [0.29, 0.717) is 0 Å². The molecule has 0 radical (unpaired) electrons. The second kappa shape index (κ2) is 9.13. The van der Waals surface area contributed by atoms with Crippen LogP contribution in [0.5, 0.6) is 5.75 Å². The fourth-order valence-corrected chi connectivity index (χ4v) is 3.96. The number of aliphatic imine (C=N–C) groups is 2. The number of aryl methyl sites for hydroxylation is 1. The average molecular weight is 432 g/mol. The van der Waals surface area contributed by atoms with Crippen molar-refractivity contribution >= 4 is 17.4 Å². The van der Waals surface area contributed by atoms with E-state index in [1.807, 2.05) is 48.5 Å². The molecular weight excluding hydrogens is 406 g/mol. The zero-order valence-corrected chi connectivity index (χ0v) is 18.7. The maximum atomic E-state index is 5.39. The van der Waals surface area contributed by atoms with Crippen LogP contribution in [-0.4, -0.2) is 18.8 Å². The topological polar surface area (TPSA) is 37.2 Å². The largest absolute Gasteiger partial charge is 0.497 e. The molecule has 162 valence electrons. The summed E-state index contributed by atoms with van der Waals surface area (Å²) in [6.45, 7) is 2.10. The van der Waals surface area contributed by atoms with Crippen LogP contribution in [0.15, 0.2) is 119 Å². The van der Waals surface area contributed by atoms with Crippen molar-refractivity contribution in [3.8, 4) is 5.75 Å². The summed E-state index contributed by atoms with van der Waals surface area (Å²) < 4.78 is 5.39. The molecule has 1 atom stereocenters. The van der Waals surface area contributed by atoms with Gasteiger partial charge in [0.25, 0.3) is 0 Å². The molecule has 1 aliphatic heterocycles. The van der Waals surface area contributed by atoms with Crippen LogP contribution < -0.4 is 9.64 Å². The van der Waals surface area contributed by atoms with Crippen molar-refractivity contribution in [2.24, 2.45) is 9.98 Å². The van der Waals surface area contributed by atoms with Crippen molar-refractivity contribution in [2.45, 2.75) is 13.1 Å². The maximum absolute atomic E-state index is 5.39. The minimum absolute atomic E-state index is 0.276. The summed E-state index contributed by atoms with van der Waals surface area (Å²) in [5, 5.41) is 0. The molecule has 0 amide bonds. The van der Waals surface area contributed by atoms with Gasteiger partial charge in [-0.1, -0.05) is 90.5 Å². The maximum Gasteiger partial charge on any atom is 0.159 e. The van der Waals surface area contributed by atoms with Crippen molar-refractivity contribution in [2.75, 3.05) is 12.0 Å². The first-order valence-corrected chi connectivity index (χ1v) is 11.0. The molecule has 0 saturated heterocycles. The smallest absolute Gasteiger partial charge is 0.159 e. The Morgan fingerprint density at radius 1 is 0.697 bits per heavy atom. The molecule has 0 aliphatic carbocycles. The Bertz CT molecular complexity index is 1280. The van der Waals surface area contributed by atoms with Crippen LogP contribution >= 0.6 is 0 Å². The van der Waals surface area contributed by atoms with Crippen LogP contribution in [-0.2, 0) is 0 Å². The average Bonchev–Trinajstić information content (AvgIpc) is 2.89. The summed E-state index contributed by atoms with van der Waals surface area (Å²) in [4.78, 5) is 12.4. The van der Waals surface area contributed by atoms with E-state index in [-0.39, 0.29) is 6.17 Å². The van der Waals surface area contributed by atoms with Gasteiger partial charge in [0.15, 0.2) is 12.0 Å². The van der Waals surface area contributed by atoms with Crippen molar-refractivity contribution < 1.29 is 4.74 Å². The van der Waals surface area contributed by atoms with E-state index >= 15 is 0 Å². The summed E-state index contributed by atoms with van der Waals surface area (Å²) in [6.07, 6.45) is -0.276.